The van der Waals surface area contributed by atoms with Crippen LogP contribution in [0.2, 0.25) is 0 Å². The summed E-state index contributed by atoms with van der Waals surface area (Å²) in [7, 11) is 3.19. The molecule has 1 fully saturated rings. The van der Waals surface area contributed by atoms with E-state index in [-0.39, 0.29) is 11.2 Å². The van der Waals surface area contributed by atoms with Crippen LogP contribution in [0.3, 0.4) is 0 Å². The van der Waals surface area contributed by atoms with Gasteiger partial charge in [-0.05, 0) is 31.5 Å². The molecule has 0 amide bonds. The van der Waals surface area contributed by atoms with Crippen molar-refractivity contribution in [2.75, 3.05) is 27.3 Å². The molecular weight excluding hydrogens is 242 g/mol. The lowest BCUT2D eigenvalue weighted by Crippen LogP contribution is -2.33. The second-order valence-electron chi connectivity index (χ2n) is 4.99. The third kappa shape index (κ3) is 2.59. The summed E-state index contributed by atoms with van der Waals surface area (Å²) in [5.41, 5.74) is 0.388. The lowest BCUT2D eigenvalue weighted by Gasteiger charge is -2.25. The molecule has 1 aliphatic rings. The molecule has 1 aromatic carbocycles. The highest BCUT2D eigenvalue weighted by molar-refractivity contribution is 6.01. The Morgan fingerprint density at radius 3 is 2.32 bits per heavy atom. The first kappa shape index (κ1) is 13.9. The van der Waals surface area contributed by atoms with Crippen LogP contribution in [0, 0.1) is 5.41 Å². The lowest BCUT2D eigenvalue weighted by atomic mass is 9.77. The zero-order valence-electron chi connectivity index (χ0n) is 11.8. The molecule has 1 heterocycles. The number of nitrogens with one attached hydrogen (secondary N) is 1. The third-order valence-electron chi connectivity index (χ3n) is 4.02. The summed E-state index contributed by atoms with van der Waals surface area (Å²) in [6.45, 7) is 3.73. The zero-order chi connectivity index (χ0) is 13.9. The van der Waals surface area contributed by atoms with Crippen molar-refractivity contribution in [1.29, 1.82) is 0 Å². The molecule has 0 bridgehead atoms. The Morgan fingerprint density at radius 1 is 1.26 bits per heavy atom. The van der Waals surface area contributed by atoms with Crippen LogP contribution in [0.5, 0.6) is 11.5 Å². The fraction of sp³-hybridized carbons (Fsp3) is 0.533. The van der Waals surface area contributed by atoms with Gasteiger partial charge in [-0.1, -0.05) is 6.92 Å². The van der Waals surface area contributed by atoms with Crippen molar-refractivity contribution in [1.82, 2.24) is 5.32 Å². The minimum Gasteiger partial charge on any atom is -0.497 e. The maximum absolute atomic E-state index is 12.8. The first-order chi connectivity index (χ1) is 9.15. The fourth-order valence-electron chi connectivity index (χ4n) is 2.64. The average Bonchev–Trinajstić information content (AvgIpc) is 2.95. The van der Waals surface area contributed by atoms with E-state index in [0.717, 1.165) is 25.9 Å². The van der Waals surface area contributed by atoms with Gasteiger partial charge in [0, 0.05) is 23.6 Å². The highest BCUT2D eigenvalue weighted by atomic mass is 16.5. The van der Waals surface area contributed by atoms with Crippen LogP contribution >= 0.6 is 0 Å². The number of methoxy groups -OCH3 is 2. The van der Waals surface area contributed by atoms with Crippen molar-refractivity contribution in [3.8, 4) is 11.5 Å². The number of Topliss-reactive ketones (excluding diaryl/α,β-unsaturated/α-hetero) is 1. The molecule has 0 aromatic heterocycles. The topological polar surface area (TPSA) is 47.6 Å². The molecule has 1 unspecified atom stereocenters. The Morgan fingerprint density at radius 2 is 1.89 bits per heavy atom. The van der Waals surface area contributed by atoms with Crippen LogP contribution in [0.1, 0.15) is 30.1 Å². The van der Waals surface area contributed by atoms with E-state index < -0.39 is 0 Å². The zero-order valence-corrected chi connectivity index (χ0v) is 11.8. The van der Waals surface area contributed by atoms with Crippen molar-refractivity contribution in [2.24, 2.45) is 5.41 Å². The van der Waals surface area contributed by atoms with E-state index in [4.69, 9.17) is 9.47 Å². The van der Waals surface area contributed by atoms with E-state index >= 15 is 0 Å². The third-order valence-corrected chi connectivity index (χ3v) is 4.02. The number of benzene rings is 1. The summed E-state index contributed by atoms with van der Waals surface area (Å²) in [6.07, 6.45) is 1.74. The monoisotopic (exact) mass is 263 g/mol. The molecule has 1 atom stereocenters. The van der Waals surface area contributed by atoms with Crippen LogP contribution in [0.15, 0.2) is 18.2 Å². The molecule has 0 aliphatic carbocycles. The number of hydrogen-bond acceptors (Lipinski definition) is 4. The summed E-state index contributed by atoms with van der Waals surface area (Å²) in [6, 6.07) is 5.36. The Labute approximate surface area is 114 Å². The van der Waals surface area contributed by atoms with Crippen LogP contribution in [-0.2, 0) is 0 Å². The lowest BCUT2D eigenvalue weighted by molar-refractivity contribution is 0.0810. The van der Waals surface area contributed by atoms with Gasteiger partial charge in [0.1, 0.15) is 11.5 Å². The molecule has 4 heteroatoms. The number of hydrogen-bond donors (Lipinski definition) is 1. The first-order valence-corrected chi connectivity index (χ1v) is 6.64. The van der Waals surface area contributed by atoms with Crippen LogP contribution in [0.25, 0.3) is 0 Å². The molecule has 2 rings (SSSR count). The first-order valence-electron chi connectivity index (χ1n) is 6.64. The highest BCUT2D eigenvalue weighted by Gasteiger charge is 2.39. The fourth-order valence-corrected chi connectivity index (χ4v) is 2.64. The van der Waals surface area contributed by atoms with Crippen molar-refractivity contribution >= 4 is 5.78 Å². The van der Waals surface area contributed by atoms with Gasteiger partial charge in [-0.25, -0.2) is 0 Å². The second-order valence-corrected chi connectivity index (χ2v) is 4.99. The molecule has 1 aromatic rings. The maximum Gasteiger partial charge on any atom is 0.170 e. The van der Waals surface area contributed by atoms with Crippen molar-refractivity contribution in [3.63, 3.8) is 0 Å². The average molecular weight is 263 g/mol. The quantitative estimate of drug-likeness (QED) is 0.828. The molecule has 0 saturated carbocycles. The van der Waals surface area contributed by atoms with Gasteiger partial charge in [-0.2, -0.15) is 0 Å². The molecule has 1 N–H and O–H groups in total. The molecule has 0 radical (unpaired) electrons. The van der Waals surface area contributed by atoms with Crippen LogP contribution in [0.4, 0.5) is 0 Å². The van der Waals surface area contributed by atoms with Crippen LogP contribution < -0.4 is 14.8 Å². The summed E-state index contributed by atoms with van der Waals surface area (Å²) in [5, 5.41) is 3.29. The number of rotatable bonds is 5. The predicted octanol–water partition coefficient (Wildman–Crippen LogP) is 2.28. The number of ketones is 1. The van der Waals surface area contributed by atoms with E-state index in [0.29, 0.717) is 17.1 Å². The summed E-state index contributed by atoms with van der Waals surface area (Å²) in [4.78, 5) is 12.8. The van der Waals surface area contributed by atoms with E-state index in [1.165, 1.54) is 0 Å². The van der Waals surface area contributed by atoms with E-state index in [9.17, 15) is 4.79 Å². The summed E-state index contributed by atoms with van der Waals surface area (Å²) < 4.78 is 10.5. The minimum atomic E-state index is -0.280. The van der Waals surface area contributed by atoms with E-state index in [1.807, 2.05) is 0 Å². The number of ether oxygens (including phenoxy) is 2. The number of carbonyl (C=O) groups excluding carboxylic acids is 1. The molecule has 1 aliphatic heterocycles. The van der Waals surface area contributed by atoms with Gasteiger partial charge in [-0.3, -0.25) is 4.79 Å². The van der Waals surface area contributed by atoms with Crippen molar-refractivity contribution in [3.05, 3.63) is 23.8 Å². The Bertz CT molecular complexity index is 442. The van der Waals surface area contributed by atoms with Gasteiger partial charge in [0.2, 0.25) is 0 Å². The highest BCUT2D eigenvalue weighted by Crippen LogP contribution is 2.35. The summed E-state index contributed by atoms with van der Waals surface area (Å²) >= 11 is 0. The smallest absolute Gasteiger partial charge is 0.170 e. The largest absolute Gasteiger partial charge is 0.497 e. The number of carbonyl (C=O) groups is 1. The Balaban J connectivity index is 2.37. The predicted molar refractivity (Wildman–Crippen MR) is 74.1 cm³/mol. The second kappa shape index (κ2) is 5.61. The Kier molecular flexibility index (Phi) is 4.10. The normalized spacial score (nSPS) is 22.3. The molecule has 4 nitrogen and oxygen atoms in total. The van der Waals surface area contributed by atoms with Gasteiger partial charge in [0.05, 0.1) is 14.2 Å². The molecular formula is C15H21NO3. The maximum atomic E-state index is 12.8. The SMILES string of the molecule is CCC1(C(=O)c2cc(OC)cc(OC)c2)CCNC1. The van der Waals surface area contributed by atoms with Gasteiger partial charge in [-0.15, -0.1) is 0 Å². The van der Waals surface area contributed by atoms with Gasteiger partial charge in [0.15, 0.2) is 5.78 Å². The van der Waals surface area contributed by atoms with Crippen molar-refractivity contribution in [2.45, 2.75) is 19.8 Å². The molecule has 19 heavy (non-hydrogen) atoms. The van der Waals surface area contributed by atoms with Gasteiger partial charge < -0.3 is 14.8 Å². The van der Waals surface area contributed by atoms with Crippen LogP contribution in [-0.4, -0.2) is 33.1 Å². The van der Waals surface area contributed by atoms with Gasteiger partial charge in [0.25, 0.3) is 0 Å². The standard InChI is InChI=1S/C15H21NO3/c1-4-15(5-6-16-10-15)14(17)11-7-12(18-2)9-13(8-11)19-3/h7-9,16H,4-6,10H2,1-3H3. The van der Waals surface area contributed by atoms with Crippen molar-refractivity contribution < 1.29 is 14.3 Å². The molecule has 1 saturated heterocycles. The minimum absolute atomic E-state index is 0.178. The Hall–Kier alpha value is -1.55. The summed E-state index contributed by atoms with van der Waals surface area (Å²) in [5.74, 6) is 1.48. The van der Waals surface area contributed by atoms with E-state index in [2.05, 4.69) is 12.2 Å². The van der Waals surface area contributed by atoms with Gasteiger partial charge >= 0.3 is 0 Å². The molecule has 104 valence electrons. The van der Waals surface area contributed by atoms with E-state index in [1.54, 1.807) is 32.4 Å². The molecule has 0 spiro atoms.